The minimum Gasteiger partial charge on any atom is -0.372 e. The lowest BCUT2D eigenvalue weighted by molar-refractivity contribution is 0.625. The first-order valence-corrected chi connectivity index (χ1v) is 5.76. The average Bonchev–Trinajstić information content (AvgIpc) is 2.39. The number of benzene rings is 1. The number of rotatable bonds is 5. The highest BCUT2D eigenvalue weighted by Gasteiger charge is 1.98. The van der Waals surface area contributed by atoms with Crippen molar-refractivity contribution in [2.75, 3.05) is 24.2 Å². The van der Waals surface area contributed by atoms with Crippen LogP contribution in [0.2, 0.25) is 0 Å². The van der Waals surface area contributed by atoms with Gasteiger partial charge in [-0.15, -0.1) is 0 Å². The van der Waals surface area contributed by atoms with Gasteiger partial charge in [0, 0.05) is 13.6 Å². The summed E-state index contributed by atoms with van der Waals surface area (Å²) in [5.41, 5.74) is 0.959. The van der Waals surface area contributed by atoms with Gasteiger partial charge >= 0.3 is 0 Å². The Morgan fingerprint density at radius 1 is 1.22 bits per heavy atom. The Morgan fingerprint density at radius 3 is 2.83 bits per heavy atom. The Kier molecular flexibility index (Phi) is 4.06. The van der Waals surface area contributed by atoms with Crippen molar-refractivity contribution in [3.63, 3.8) is 0 Å². The second-order valence-corrected chi connectivity index (χ2v) is 3.85. The zero-order chi connectivity index (χ0) is 12.8. The predicted octanol–water partition coefficient (Wildman–Crippen LogP) is 2.31. The predicted molar refractivity (Wildman–Crippen MR) is 70.2 cm³/mol. The molecule has 5 heteroatoms. The maximum Gasteiger partial charge on any atom is 0.146 e. The molecule has 2 aromatic rings. The van der Waals surface area contributed by atoms with Crippen molar-refractivity contribution in [2.45, 2.75) is 6.42 Å². The van der Waals surface area contributed by atoms with Crippen LogP contribution in [0, 0.1) is 5.82 Å². The van der Waals surface area contributed by atoms with Crippen LogP contribution < -0.4 is 10.6 Å². The molecule has 0 spiro atoms. The third kappa shape index (κ3) is 3.41. The first-order chi connectivity index (χ1) is 8.78. The van der Waals surface area contributed by atoms with Crippen LogP contribution in [0.5, 0.6) is 0 Å². The smallest absolute Gasteiger partial charge is 0.146 e. The Hall–Kier alpha value is -2.17. The van der Waals surface area contributed by atoms with Crippen molar-refractivity contribution in [3.05, 3.63) is 48.0 Å². The van der Waals surface area contributed by atoms with Crippen molar-refractivity contribution in [3.8, 4) is 0 Å². The second kappa shape index (κ2) is 5.95. The van der Waals surface area contributed by atoms with Crippen LogP contribution in [0.1, 0.15) is 5.56 Å². The first kappa shape index (κ1) is 12.3. The average molecular weight is 246 g/mol. The lowest BCUT2D eigenvalue weighted by Crippen LogP contribution is -2.07. The fourth-order valence-electron chi connectivity index (χ4n) is 1.60. The number of nitrogens with zero attached hydrogens (tertiary/aromatic N) is 2. The van der Waals surface area contributed by atoms with Crippen molar-refractivity contribution >= 4 is 11.6 Å². The van der Waals surface area contributed by atoms with E-state index in [-0.39, 0.29) is 5.82 Å². The van der Waals surface area contributed by atoms with Gasteiger partial charge in [-0.1, -0.05) is 12.1 Å². The van der Waals surface area contributed by atoms with Crippen molar-refractivity contribution in [1.82, 2.24) is 9.97 Å². The molecule has 4 nitrogen and oxygen atoms in total. The summed E-state index contributed by atoms with van der Waals surface area (Å²) in [6.07, 6.45) is 4.05. The molecule has 0 radical (unpaired) electrons. The molecule has 0 bridgehead atoms. The molecule has 0 atom stereocenters. The van der Waals surface area contributed by atoms with Gasteiger partial charge in [0.1, 0.15) is 17.5 Å². The summed E-state index contributed by atoms with van der Waals surface area (Å²) < 4.78 is 13.0. The molecule has 0 aliphatic carbocycles. The van der Waals surface area contributed by atoms with Crippen LogP contribution in [0.25, 0.3) is 0 Å². The zero-order valence-electron chi connectivity index (χ0n) is 10.2. The summed E-state index contributed by atoms with van der Waals surface area (Å²) >= 11 is 0. The molecule has 0 amide bonds. The molecule has 0 saturated carbocycles. The molecule has 94 valence electrons. The van der Waals surface area contributed by atoms with Gasteiger partial charge in [0.2, 0.25) is 0 Å². The van der Waals surface area contributed by atoms with Gasteiger partial charge in [-0.2, -0.15) is 0 Å². The Balaban J connectivity index is 1.88. The molecule has 0 aliphatic heterocycles. The molecule has 0 aliphatic rings. The van der Waals surface area contributed by atoms with Gasteiger partial charge in [0.25, 0.3) is 0 Å². The van der Waals surface area contributed by atoms with E-state index in [1.807, 2.05) is 6.07 Å². The molecule has 2 rings (SSSR count). The van der Waals surface area contributed by atoms with Crippen molar-refractivity contribution in [1.29, 1.82) is 0 Å². The number of hydrogen-bond acceptors (Lipinski definition) is 4. The standard InChI is InChI=1S/C13H15FN4/c1-15-12-8-16-9-13(18-12)17-6-5-10-3-2-4-11(14)7-10/h2-4,7-9H,5-6H2,1H3,(H2,15,17,18). The van der Waals surface area contributed by atoms with Gasteiger partial charge < -0.3 is 10.6 Å². The monoisotopic (exact) mass is 246 g/mol. The number of nitrogens with one attached hydrogen (secondary N) is 2. The second-order valence-electron chi connectivity index (χ2n) is 3.85. The van der Waals surface area contributed by atoms with Gasteiger partial charge in [0.05, 0.1) is 12.4 Å². The first-order valence-electron chi connectivity index (χ1n) is 5.76. The van der Waals surface area contributed by atoms with E-state index >= 15 is 0 Å². The van der Waals surface area contributed by atoms with Crippen LogP contribution in [-0.4, -0.2) is 23.6 Å². The molecule has 0 fully saturated rings. The summed E-state index contributed by atoms with van der Waals surface area (Å²) in [5.74, 6) is 1.22. The van der Waals surface area contributed by atoms with E-state index in [2.05, 4.69) is 20.6 Å². The number of hydrogen-bond donors (Lipinski definition) is 2. The topological polar surface area (TPSA) is 49.8 Å². The van der Waals surface area contributed by atoms with Crippen LogP contribution in [0.4, 0.5) is 16.0 Å². The fraction of sp³-hybridized carbons (Fsp3) is 0.231. The normalized spacial score (nSPS) is 10.1. The van der Waals surface area contributed by atoms with E-state index in [4.69, 9.17) is 0 Å². The third-order valence-electron chi connectivity index (χ3n) is 2.50. The van der Waals surface area contributed by atoms with Crippen molar-refractivity contribution in [2.24, 2.45) is 0 Å². The molecule has 0 unspecified atom stereocenters. The zero-order valence-corrected chi connectivity index (χ0v) is 10.2. The molecule has 1 aromatic carbocycles. The van der Waals surface area contributed by atoms with Gasteiger partial charge in [-0.3, -0.25) is 4.98 Å². The van der Waals surface area contributed by atoms with Crippen molar-refractivity contribution < 1.29 is 4.39 Å². The fourth-order valence-corrected chi connectivity index (χ4v) is 1.60. The van der Waals surface area contributed by atoms with Gasteiger partial charge in [-0.25, -0.2) is 9.37 Å². The lowest BCUT2D eigenvalue weighted by Gasteiger charge is -2.06. The minimum atomic E-state index is -0.204. The maximum atomic E-state index is 13.0. The number of anilines is 2. The summed E-state index contributed by atoms with van der Waals surface area (Å²) in [7, 11) is 1.79. The molecule has 1 aromatic heterocycles. The summed E-state index contributed by atoms with van der Waals surface area (Å²) in [4.78, 5) is 8.33. The molecule has 0 saturated heterocycles. The summed E-state index contributed by atoms with van der Waals surface area (Å²) in [5, 5.41) is 6.07. The van der Waals surface area contributed by atoms with Crippen LogP contribution in [-0.2, 0) is 6.42 Å². The van der Waals surface area contributed by atoms with Crippen LogP contribution >= 0.6 is 0 Å². The van der Waals surface area contributed by atoms with E-state index in [0.29, 0.717) is 18.2 Å². The molecular formula is C13H15FN4. The Bertz CT molecular complexity index is 516. The number of halogens is 1. The lowest BCUT2D eigenvalue weighted by atomic mass is 10.1. The molecule has 18 heavy (non-hydrogen) atoms. The van der Waals surface area contributed by atoms with E-state index in [1.165, 1.54) is 12.1 Å². The van der Waals surface area contributed by atoms with Crippen LogP contribution in [0.3, 0.4) is 0 Å². The van der Waals surface area contributed by atoms with Crippen LogP contribution in [0.15, 0.2) is 36.7 Å². The Labute approximate surface area is 105 Å². The van der Waals surface area contributed by atoms with Gasteiger partial charge in [-0.05, 0) is 24.1 Å². The summed E-state index contributed by atoms with van der Waals surface area (Å²) in [6.45, 7) is 0.686. The molecule has 2 N–H and O–H groups in total. The highest BCUT2D eigenvalue weighted by Crippen LogP contribution is 2.07. The maximum absolute atomic E-state index is 13.0. The Morgan fingerprint density at radius 2 is 2.06 bits per heavy atom. The van der Waals surface area contributed by atoms with Gasteiger partial charge in [0.15, 0.2) is 0 Å². The van der Waals surface area contributed by atoms with E-state index in [1.54, 1.807) is 25.5 Å². The largest absolute Gasteiger partial charge is 0.372 e. The van der Waals surface area contributed by atoms with E-state index < -0.39 is 0 Å². The highest BCUT2D eigenvalue weighted by atomic mass is 19.1. The SMILES string of the molecule is CNc1cncc(NCCc2cccc(F)c2)n1. The summed E-state index contributed by atoms with van der Waals surface area (Å²) in [6, 6.07) is 6.60. The third-order valence-corrected chi connectivity index (χ3v) is 2.50. The van der Waals surface area contributed by atoms with E-state index in [0.717, 1.165) is 12.0 Å². The number of aromatic nitrogens is 2. The molecule has 1 heterocycles. The minimum absolute atomic E-state index is 0.204. The highest BCUT2D eigenvalue weighted by molar-refractivity contribution is 5.41. The van der Waals surface area contributed by atoms with E-state index in [9.17, 15) is 4.39 Å². The molecular weight excluding hydrogens is 231 g/mol. The quantitative estimate of drug-likeness (QED) is 0.850.